The highest BCUT2D eigenvalue weighted by atomic mass is 16.5. The normalized spacial score (nSPS) is 15.9. The fourth-order valence-corrected chi connectivity index (χ4v) is 1.94. The standard InChI is InChI=1S/C13H17NO3/c1-2-10-3-4-11(9-12(10)15)13(16)14-5-7-17-8-6-14/h3-4,9,15H,2,5-8H2,1H3. The Bertz CT molecular complexity index is 411. The van der Waals surface area contributed by atoms with Gasteiger partial charge in [-0.15, -0.1) is 0 Å². The van der Waals surface area contributed by atoms with E-state index < -0.39 is 0 Å². The van der Waals surface area contributed by atoms with Gasteiger partial charge in [-0.1, -0.05) is 13.0 Å². The van der Waals surface area contributed by atoms with Crippen molar-refractivity contribution in [2.24, 2.45) is 0 Å². The Balaban J connectivity index is 2.16. The van der Waals surface area contributed by atoms with Crippen molar-refractivity contribution in [2.75, 3.05) is 26.3 Å². The topological polar surface area (TPSA) is 49.8 Å². The second-order valence-electron chi connectivity index (χ2n) is 4.10. The summed E-state index contributed by atoms with van der Waals surface area (Å²) >= 11 is 0. The van der Waals surface area contributed by atoms with Gasteiger partial charge in [0.15, 0.2) is 0 Å². The fourth-order valence-electron chi connectivity index (χ4n) is 1.94. The summed E-state index contributed by atoms with van der Waals surface area (Å²) in [5.41, 5.74) is 1.41. The van der Waals surface area contributed by atoms with E-state index >= 15 is 0 Å². The van der Waals surface area contributed by atoms with Gasteiger partial charge in [0.25, 0.3) is 5.91 Å². The van der Waals surface area contributed by atoms with Crippen LogP contribution in [-0.4, -0.2) is 42.2 Å². The van der Waals surface area contributed by atoms with Gasteiger partial charge in [-0.3, -0.25) is 4.79 Å². The lowest BCUT2D eigenvalue weighted by molar-refractivity contribution is 0.0302. The van der Waals surface area contributed by atoms with E-state index in [4.69, 9.17) is 4.74 Å². The van der Waals surface area contributed by atoms with Gasteiger partial charge in [-0.2, -0.15) is 0 Å². The van der Waals surface area contributed by atoms with Crippen molar-refractivity contribution in [3.05, 3.63) is 29.3 Å². The first-order valence-corrected chi connectivity index (χ1v) is 5.91. The molecule has 1 aromatic rings. The van der Waals surface area contributed by atoms with Crippen LogP contribution in [-0.2, 0) is 11.2 Å². The van der Waals surface area contributed by atoms with Crippen LogP contribution in [0, 0.1) is 0 Å². The smallest absolute Gasteiger partial charge is 0.254 e. The van der Waals surface area contributed by atoms with Crippen molar-refractivity contribution in [1.82, 2.24) is 4.90 Å². The van der Waals surface area contributed by atoms with E-state index in [0.717, 1.165) is 12.0 Å². The monoisotopic (exact) mass is 235 g/mol. The maximum Gasteiger partial charge on any atom is 0.254 e. The summed E-state index contributed by atoms with van der Waals surface area (Å²) in [6.45, 7) is 4.39. The summed E-state index contributed by atoms with van der Waals surface area (Å²) in [6, 6.07) is 5.13. The van der Waals surface area contributed by atoms with Crippen molar-refractivity contribution < 1.29 is 14.6 Å². The molecule has 1 aliphatic rings. The van der Waals surface area contributed by atoms with Gasteiger partial charge in [0, 0.05) is 18.7 Å². The molecule has 0 bridgehead atoms. The maximum absolute atomic E-state index is 12.1. The molecule has 0 aromatic heterocycles. The number of amides is 1. The molecule has 0 saturated carbocycles. The third kappa shape index (κ3) is 2.58. The van der Waals surface area contributed by atoms with Gasteiger partial charge in [-0.05, 0) is 24.1 Å². The molecule has 4 nitrogen and oxygen atoms in total. The van der Waals surface area contributed by atoms with Crippen LogP contribution in [0.3, 0.4) is 0 Å². The van der Waals surface area contributed by atoms with Crippen LogP contribution in [0.2, 0.25) is 0 Å². The molecular formula is C13H17NO3. The number of rotatable bonds is 2. The lowest BCUT2D eigenvalue weighted by atomic mass is 10.1. The molecule has 0 atom stereocenters. The maximum atomic E-state index is 12.1. The molecule has 2 rings (SSSR count). The van der Waals surface area contributed by atoms with Crippen LogP contribution >= 0.6 is 0 Å². The van der Waals surface area contributed by atoms with Gasteiger partial charge in [0.1, 0.15) is 5.75 Å². The predicted molar refractivity (Wildman–Crippen MR) is 64.2 cm³/mol. The number of hydrogen-bond acceptors (Lipinski definition) is 3. The predicted octanol–water partition coefficient (Wildman–Crippen LogP) is 1.43. The number of aromatic hydroxyl groups is 1. The minimum absolute atomic E-state index is 0.0359. The van der Waals surface area contributed by atoms with E-state index in [1.807, 2.05) is 13.0 Å². The number of hydrogen-bond donors (Lipinski definition) is 1. The summed E-state index contributed by atoms with van der Waals surface area (Å²) < 4.78 is 5.20. The number of phenolic OH excluding ortho intramolecular Hbond substituents is 1. The van der Waals surface area contributed by atoms with E-state index in [0.29, 0.717) is 31.9 Å². The average molecular weight is 235 g/mol. The Kier molecular flexibility index (Phi) is 3.64. The van der Waals surface area contributed by atoms with Gasteiger partial charge < -0.3 is 14.7 Å². The molecule has 92 valence electrons. The molecule has 0 aliphatic carbocycles. The second kappa shape index (κ2) is 5.19. The van der Waals surface area contributed by atoms with E-state index in [-0.39, 0.29) is 11.7 Å². The van der Waals surface area contributed by atoms with Crippen LogP contribution in [0.4, 0.5) is 0 Å². The van der Waals surface area contributed by atoms with E-state index in [9.17, 15) is 9.90 Å². The molecule has 4 heteroatoms. The van der Waals surface area contributed by atoms with Gasteiger partial charge in [0.2, 0.25) is 0 Å². The zero-order chi connectivity index (χ0) is 12.3. The third-order valence-electron chi connectivity index (χ3n) is 3.01. The first-order chi connectivity index (χ1) is 8.22. The van der Waals surface area contributed by atoms with E-state index in [2.05, 4.69) is 0 Å². The molecule has 17 heavy (non-hydrogen) atoms. The number of ether oxygens (including phenoxy) is 1. The molecule has 1 aliphatic heterocycles. The SMILES string of the molecule is CCc1ccc(C(=O)N2CCOCC2)cc1O. The van der Waals surface area contributed by atoms with Crippen molar-refractivity contribution in [3.63, 3.8) is 0 Å². The minimum atomic E-state index is -0.0359. The number of phenols is 1. The number of carbonyl (C=O) groups is 1. The Morgan fingerprint density at radius 2 is 2.12 bits per heavy atom. The van der Waals surface area contributed by atoms with Crippen molar-refractivity contribution >= 4 is 5.91 Å². The van der Waals surface area contributed by atoms with Crippen LogP contribution < -0.4 is 0 Å². The highest BCUT2D eigenvalue weighted by molar-refractivity contribution is 5.94. The number of carbonyl (C=O) groups excluding carboxylic acids is 1. The third-order valence-corrected chi connectivity index (χ3v) is 3.01. The fraction of sp³-hybridized carbons (Fsp3) is 0.462. The number of nitrogens with zero attached hydrogens (tertiary/aromatic N) is 1. The summed E-state index contributed by atoms with van der Waals surface area (Å²) in [5, 5.41) is 9.74. The number of aryl methyl sites for hydroxylation is 1. The van der Waals surface area contributed by atoms with Crippen molar-refractivity contribution in [1.29, 1.82) is 0 Å². The average Bonchev–Trinajstić information content (AvgIpc) is 2.39. The summed E-state index contributed by atoms with van der Waals surface area (Å²) in [4.78, 5) is 13.9. The van der Waals surface area contributed by atoms with Gasteiger partial charge >= 0.3 is 0 Å². The Morgan fingerprint density at radius 3 is 2.71 bits per heavy atom. The largest absolute Gasteiger partial charge is 0.508 e. The first-order valence-electron chi connectivity index (χ1n) is 5.91. The zero-order valence-electron chi connectivity index (χ0n) is 9.98. The summed E-state index contributed by atoms with van der Waals surface area (Å²) in [5.74, 6) is 0.165. The summed E-state index contributed by atoms with van der Waals surface area (Å²) in [6.07, 6.45) is 0.762. The number of benzene rings is 1. The molecule has 0 unspecified atom stereocenters. The molecular weight excluding hydrogens is 218 g/mol. The van der Waals surface area contributed by atoms with Crippen LogP contribution in [0.5, 0.6) is 5.75 Å². The first kappa shape index (κ1) is 11.9. The van der Waals surface area contributed by atoms with E-state index in [1.165, 1.54) is 0 Å². The summed E-state index contributed by atoms with van der Waals surface area (Å²) in [7, 11) is 0. The molecule has 1 saturated heterocycles. The quantitative estimate of drug-likeness (QED) is 0.843. The lowest BCUT2D eigenvalue weighted by Crippen LogP contribution is -2.40. The molecule has 1 heterocycles. The Labute approximate surface area is 101 Å². The van der Waals surface area contributed by atoms with E-state index in [1.54, 1.807) is 17.0 Å². The molecule has 0 spiro atoms. The van der Waals surface area contributed by atoms with Crippen LogP contribution in [0.25, 0.3) is 0 Å². The zero-order valence-corrected chi connectivity index (χ0v) is 9.98. The van der Waals surface area contributed by atoms with Gasteiger partial charge in [0.05, 0.1) is 13.2 Å². The second-order valence-corrected chi connectivity index (χ2v) is 4.10. The molecule has 1 N–H and O–H groups in total. The minimum Gasteiger partial charge on any atom is -0.508 e. The molecule has 1 amide bonds. The molecule has 0 radical (unpaired) electrons. The Morgan fingerprint density at radius 1 is 1.41 bits per heavy atom. The molecule has 1 fully saturated rings. The lowest BCUT2D eigenvalue weighted by Gasteiger charge is -2.27. The molecule has 1 aromatic carbocycles. The van der Waals surface area contributed by atoms with Crippen LogP contribution in [0.1, 0.15) is 22.8 Å². The van der Waals surface area contributed by atoms with Crippen molar-refractivity contribution in [3.8, 4) is 5.75 Å². The highest BCUT2D eigenvalue weighted by Crippen LogP contribution is 2.20. The number of morpholine rings is 1. The van der Waals surface area contributed by atoms with Crippen LogP contribution in [0.15, 0.2) is 18.2 Å². The van der Waals surface area contributed by atoms with Crippen molar-refractivity contribution in [2.45, 2.75) is 13.3 Å². The Hall–Kier alpha value is -1.55. The highest BCUT2D eigenvalue weighted by Gasteiger charge is 2.19. The van der Waals surface area contributed by atoms with Gasteiger partial charge in [-0.25, -0.2) is 0 Å².